The Balaban J connectivity index is 2.07. The number of nitrogens with one attached hydrogen (secondary N) is 1. The van der Waals surface area contributed by atoms with Crippen molar-refractivity contribution in [2.45, 2.75) is 77.0 Å². The van der Waals surface area contributed by atoms with Crippen molar-refractivity contribution in [1.82, 2.24) is 5.32 Å². The van der Waals surface area contributed by atoms with Crippen molar-refractivity contribution in [2.75, 3.05) is 0 Å². The molecule has 4 heteroatoms. The van der Waals surface area contributed by atoms with Gasteiger partial charge in [-0.2, -0.15) is 0 Å². The fourth-order valence-electron chi connectivity index (χ4n) is 3.92. The molecule has 0 saturated heterocycles. The lowest BCUT2D eigenvalue weighted by atomic mass is 9.75. The molecule has 1 fully saturated rings. The van der Waals surface area contributed by atoms with E-state index in [9.17, 15) is 9.90 Å². The normalized spacial score (nSPS) is 22.5. The molecule has 2 N–H and O–H groups in total. The number of hydrogen-bond donors (Lipinski definition) is 2. The van der Waals surface area contributed by atoms with Crippen LogP contribution in [0, 0.1) is 11.8 Å². The molecule has 1 saturated carbocycles. The summed E-state index contributed by atoms with van der Waals surface area (Å²) in [6.07, 6.45) is 6.86. The van der Waals surface area contributed by atoms with Crippen LogP contribution in [0.5, 0.6) is 0 Å². The lowest BCUT2D eigenvalue weighted by molar-refractivity contribution is 0.0367. The van der Waals surface area contributed by atoms with Gasteiger partial charge in [0.2, 0.25) is 0 Å². The number of carbonyl (C=O) groups is 1. The lowest BCUT2D eigenvalue weighted by Crippen LogP contribution is -2.47. The van der Waals surface area contributed by atoms with Crippen LogP contribution < -0.4 is 5.32 Å². The topological polar surface area (TPSA) is 58.6 Å². The quantitative estimate of drug-likeness (QED) is 0.671. The fraction of sp³-hybridized carbons (Fsp3) is 0.609. The van der Waals surface area contributed by atoms with Gasteiger partial charge in [-0.1, -0.05) is 49.2 Å². The molecule has 1 aromatic rings. The molecule has 1 aromatic carbocycles. The number of rotatable bonds is 7. The van der Waals surface area contributed by atoms with Gasteiger partial charge in [0.15, 0.2) is 0 Å². The largest absolute Gasteiger partial charge is 0.444 e. The SMILES string of the molecule is C=C[C@@H]1CCCC[C@@H]1C[C@@H](O)[C@H](Cc1ccccc1)NC(=O)OC(C)(C)C. The van der Waals surface area contributed by atoms with Gasteiger partial charge in [0.25, 0.3) is 0 Å². The highest BCUT2D eigenvalue weighted by molar-refractivity contribution is 5.68. The number of allylic oxidation sites excluding steroid dienone is 1. The van der Waals surface area contributed by atoms with Crippen LogP contribution in [0.1, 0.15) is 58.4 Å². The van der Waals surface area contributed by atoms with Gasteiger partial charge in [0.05, 0.1) is 12.1 Å². The first-order chi connectivity index (χ1) is 12.8. The van der Waals surface area contributed by atoms with Gasteiger partial charge in [0, 0.05) is 0 Å². The second kappa shape index (κ2) is 9.93. The Morgan fingerprint density at radius 1 is 1.30 bits per heavy atom. The zero-order chi connectivity index (χ0) is 19.9. The van der Waals surface area contributed by atoms with Crippen molar-refractivity contribution in [1.29, 1.82) is 0 Å². The minimum atomic E-state index is -0.622. The highest BCUT2D eigenvalue weighted by atomic mass is 16.6. The lowest BCUT2D eigenvalue weighted by Gasteiger charge is -2.34. The van der Waals surface area contributed by atoms with Crippen molar-refractivity contribution in [2.24, 2.45) is 11.8 Å². The van der Waals surface area contributed by atoms with E-state index in [4.69, 9.17) is 4.74 Å². The van der Waals surface area contributed by atoms with E-state index in [0.717, 1.165) is 18.4 Å². The molecule has 0 aromatic heterocycles. The summed E-state index contributed by atoms with van der Waals surface area (Å²) in [5.74, 6) is 0.872. The standard InChI is InChI=1S/C23H35NO3/c1-5-18-13-9-10-14-19(18)16-21(25)20(15-17-11-7-6-8-12-17)24-22(26)27-23(2,3)4/h5-8,11-12,18-21,25H,1,9-10,13-16H2,2-4H3,(H,24,26)/t18-,19-,20+,21-/m1/s1. The maximum Gasteiger partial charge on any atom is 0.407 e. The molecular formula is C23H35NO3. The Bertz CT molecular complexity index is 593. The minimum Gasteiger partial charge on any atom is -0.444 e. The number of aliphatic hydroxyl groups excluding tert-OH is 1. The molecule has 1 aliphatic rings. The van der Waals surface area contributed by atoms with Crippen LogP contribution in [0.4, 0.5) is 4.79 Å². The van der Waals surface area contributed by atoms with Crippen molar-refractivity contribution < 1.29 is 14.6 Å². The van der Waals surface area contributed by atoms with Gasteiger partial charge in [-0.05, 0) is 63.9 Å². The summed E-state index contributed by atoms with van der Waals surface area (Å²) in [5, 5.41) is 13.9. The predicted molar refractivity (Wildman–Crippen MR) is 110 cm³/mol. The summed E-state index contributed by atoms with van der Waals surface area (Å²) in [4.78, 5) is 12.3. The van der Waals surface area contributed by atoms with E-state index in [1.165, 1.54) is 12.8 Å². The van der Waals surface area contributed by atoms with Crippen molar-refractivity contribution in [3.8, 4) is 0 Å². The van der Waals surface area contributed by atoms with Crippen LogP contribution in [0.2, 0.25) is 0 Å². The number of amides is 1. The van der Waals surface area contributed by atoms with Gasteiger partial charge in [-0.15, -0.1) is 6.58 Å². The molecular weight excluding hydrogens is 338 g/mol. The first-order valence-corrected chi connectivity index (χ1v) is 10.1. The van der Waals surface area contributed by atoms with E-state index in [0.29, 0.717) is 24.7 Å². The Kier molecular flexibility index (Phi) is 7.91. The Labute approximate surface area is 164 Å². The number of aliphatic hydroxyl groups is 1. The second-order valence-corrected chi connectivity index (χ2v) is 8.69. The average Bonchev–Trinajstić information content (AvgIpc) is 2.61. The number of benzene rings is 1. The molecule has 0 radical (unpaired) electrons. The third-order valence-electron chi connectivity index (χ3n) is 5.28. The maximum atomic E-state index is 12.3. The van der Waals surface area contributed by atoms with Crippen LogP contribution in [-0.4, -0.2) is 28.9 Å². The van der Waals surface area contributed by atoms with Gasteiger partial charge in [-0.25, -0.2) is 4.79 Å². The maximum absolute atomic E-state index is 12.3. The molecule has 0 unspecified atom stereocenters. The second-order valence-electron chi connectivity index (χ2n) is 8.69. The zero-order valence-corrected chi connectivity index (χ0v) is 17.0. The third-order valence-corrected chi connectivity index (χ3v) is 5.28. The van der Waals surface area contributed by atoms with Gasteiger partial charge in [-0.3, -0.25) is 0 Å². The van der Waals surface area contributed by atoms with E-state index in [-0.39, 0.29) is 6.04 Å². The Morgan fingerprint density at radius 2 is 1.96 bits per heavy atom. The molecule has 0 aliphatic heterocycles. The summed E-state index contributed by atoms with van der Waals surface area (Å²) in [7, 11) is 0. The van der Waals surface area contributed by atoms with Crippen LogP contribution in [0.15, 0.2) is 43.0 Å². The molecule has 1 amide bonds. The van der Waals surface area contributed by atoms with Crippen molar-refractivity contribution >= 4 is 6.09 Å². The van der Waals surface area contributed by atoms with Gasteiger partial charge in [0.1, 0.15) is 5.60 Å². The van der Waals surface area contributed by atoms with E-state index in [1.54, 1.807) is 0 Å². The Morgan fingerprint density at radius 3 is 2.59 bits per heavy atom. The summed E-state index contributed by atoms with van der Waals surface area (Å²) in [6.45, 7) is 9.49. The van der Waals surface area contributed by atoms with Gasteiger partial charge < -0.3 is 15.2 Å². The summed E-state index contributed by atoms with van der Waals surface area (Å²) >= 11 is 0. The molecule has 4 nitrogen and oxygen atoms in total. The molecule has 4 atom stereocenters. The van der Waals surface area contributed by atoms with Crippen LogP contribution >= 0.6 is 0 Å². The smallest absolute Gasteiger partial charge is 0.407 e. The summed E-state index contributed by atoms with van der Waals surface area (Å²) in [5.41, 5.74) is 0.519. The van der Waals surface area contributed by atoms with E-state index >= 15 is 0 Å². The molecule has 0 spiro atoms. The first-order valence-electron chi connectivity index (χ1n) is 10.1. The van der Waals surface area contributed by atoms with Crippen LogP contribution in [0.3, 0.4) is 0 Å². The number of ether oxygens (including phenoxy) is 1. The molecule has 1 aliphatic carbocycles. The van der Waals surface area contributed by atoms with E-state index < -0.39 is 17.8 Å². The van der Waals surface area contributed by atoms with Crippen LogP contribution in [0.25, 0.3) is 0 Å². The fourth-order valence-corrected chi connectivity index (χ4v) is 3.92. The molecule has 2 rings (SSSR count). The Hall–Kier alpha value is -1.81. The average molecular weight is 374 g/mol. The summed E-state index contributed by atoms with van der Waals surface area (Å²) in [6, 6.07) is 9.57. The predicted octanol–water partition coefficient (Wildman–Crippen LogP) is 4.87. The molecule has 27 heavy (non-hydrogen) atoms. The number of carbonyl (C=O) groups excluding carboxylic acids is 1. The molecule has 150 valence electrons. The first kappa shape index (κ1) is 21.5. The number of alkyl carbamates (subject to hydrolysis) is 1. The zero-order valence-electron chi connectivity index (χ0n) is 17.0. The number of hydrogen-bond acceptors (Lipinski definition) is 3. The van der Waals surface area contributed by atoms with Gasteiger partial charge >= 0.3 is 6.09 Å². The third kappa shape index (κ3) is 7.37. The minimum absolute atomic E-state index is 0.380. The molecule has 0 bridgehead atoms. The van der Waals surface area contributed by atoms with Crippen molar-refractivity contribution in [3.05, 3.63) is 48.6 Å². The monoisotopic (exact) mass is 373 g/mol. The van der Waals surface area contributed by atoms with Crippen LogP contribution in [-0.2, 0) is 11.2 Å². The summed E-state index contributed by atoms with van der Waals surface area (Å²) < 4.78 is 5.41. The molecule has 0 heterocycles. The van der Waals surface area contributed by atoms with Crippen molar-refractivity contribution in [3.63, 3.8) is 0 Å². The highest BCUT2D eigenvalue weighted by Gasteiger charge is 2.30. The highest BCUT2D eigenvalue weighted by Crippen LogP contribution is 2.34. The van der Waals surface area contributed by atoms with E-state index in [1.807, 2.05) is 57.2 Å². The van der Waals surface area contributed by atoms with E-state index in [2.05, 4.69) is 11.9 Å².